The summed E-state index contributed by atoms with van der Waals surface area (Å²) in [5, 5.41) is 0. The van der Waals surface area contributed by atoms with Gasteiger partial charge in [-0.25, -0.2) is 0 Å². The molecule has 4 nitrogen and oxygen atoms in total. The van der Waals surface area contributed by atoms with E-state index in [1.54, 1.807) is 36.4 Å². The third kappa shape index (κ3) is 9.28. The van der Waals surface area contributed by atoms with E-state index in [-0.39, 0.29) is 11.6 Å². The number of anilines is 6. The summed E-state index contributed by atoms with van der Waals surface area (Å²) in [5.41, 5.74) is 16.5. The first-order chi connectivity index (χ1) is 35.6. The highest BCUT2D eigenvalue weighted by Gasteiger charge is 2.21. The van der Waals surface area contributed by atoms with Crippen molar-refractivity contribution in [1.82, 2.24) is 0 Å². The van der Waals surface area contributed by atoms with Gasteiger partial charge in [0.15, 0.2) is 11.6 Å². The number of hydrogen-bond donors (Lipinski definition) is 0. The Balaban J connectivity index is 1.02. The van der Waals surface area contributed by atoms with Gasteiger partial charge < -0.3 is 9.80 Å². The highest BCUT2D eigenvalue weighted by Crippen LogP contribution is 2.44. The van der Waals surface area contributed by atoms with Gasteiger partial charge >= 0.3 is 0 Å². The lowest BCUT2D eigenvalue weighted by atomic mass is 9.85. The number of rotatable bonds is 14. The van der Waals surface area contributed by atoms with Crippen LogP contribution in [0.15, 0.2) is 291 Å². The van der Waals surface area contributed by atoms with Crippen LogP contribution in [0.5, 0.6) is 0 Å². The Morgan fingerprint density at radius 2 is 0.500 bits per heavy atom. The molecule has 0 aliphatic rings. The quantitative estimate of drug-likeness (QED) is 0.102. The van der Waals surface area contributed by atoms with E-state index in [0.717, 1.165) is 78.6 Å². The first kappa shape index (κ1) is 44.8. The fraction of sp³-hybridized carbons (Fsp3) is 0. The van der Waals surface area contributed by atoms with E-state index in [0.29, 0.717) is 22.3 Å². The highest BCUT2D eigenvalue weighted by atomic mass is 16.1. The van der Waals surface area contributed by atoms with Crippen molar-refractivity contribution in [3.05, 3.63) is 313 Å². The molecule has 0 N–H and O–H groups in total. The molecule has 0 saturated heterocycles. The first-order valence-corrected chi connectivity index (χ1v) is 24.2. The van der Waals surface area contributed by atoms with E-state index >= 15 is 0 Å². The van der Waals surface area contributed by atoms with Gasteiger partial charge in [-0.15, -0.1) is 0 Å². The molecule has 72 heavy (non-hydrogen) atoms. The third-order valence-corrected chi connectivity index (χ3v) is 13.1. The molecule has 0 atom stereocenters. The van der Waals surface area contributed by atoms with Crippen LogP contribution in [0.4, 0.5) is 34.1 Å². The Hall–Kier alpha value is -9.64. The smallest absolute Gasteiger partial charge is 0.193 e. The summed E-state index contributed by atoms with van der Waals surface area (Å²) in [6.07, 6.45) is 0. The maximum atomic E-state index is 14.7. The van der Waals surface area contributed by atoms with Gasteiger partial charge in [-0.1, -0.05) is 206 Å². The summed E-state index contributed by atoms with van der Waals surface area (Å²) in [4.78, 5) is 32.9. The fourth-order valence-corrected chi connectivity index (χ4v) is 9.59. The SMILES string of the molecule is O=C(c1ccccc1)c1cccc(C(=O)c2ccc(-c3ccccc3-c3ccc(N(c4ccccc4)c4ccccc4)cc3)c(-c3ccccc3-c3ccc(N(c4ccccc4)c4ccccc4)cc3)c2)c1. The molecule has 11 aromatic carbocycles. The van der Waals surface area contributed by atoms with Crippen LogP contribution in [-0.2, 0) is 0 Å². The van der Waals surface area contributed by atoms with Crippen molar-refractivity contribution in [2.75, 3.05) is 9.80 Å². The van der Waals surface area contributed by atoms with Gasteiger partial charge in [-0.3, -0.25) is 9.59 Å². The molecule has 342 valence electrons. The molecule has 0 bridgehead atoms. The molecule has 0 aliphatic heterocycles. The normalized spacial score (nSPS) is 10.9. The zero-order valence-corrected chi connectivity index (χ0v) is 39.4. The average Bonchev–Trinajstić information content (AvgIpc) is 3.46. The standard InChI is InChI=1S/C68H48N2O2/c71-67(51-21-6-1-7-22-51)52-23-20-24-53(47-52)68(72)54-41-46-65(63-35-18-16-33-61(63)49-37-42-59(43-38-49)69(55-25-8-2-9-26-55)56-27-10-3-11-28-56)66(48-54)64-36-19-17-34-62(64)50-39-44-60(45-40-50)70(57-29-12-4-13-30-57)58-31-14-5-15-32-58/h1-48H. The molecule has 0 aliphatic carbocycles. The molecule has 0 amide bonds. The van der Waals surface area contributed by atoms with Crippen molar-refractivity contribution >= 4 is 45.7 Å². The zero-order valence-electron chi connectivity index (χ0n) is 39.4. The molecular formula is C68H48N2O2. The lowest BCUT2D eigenvalue weighted by molar-refractivity contribution is 0.103. The predicted molar refractivity (Wildman–Crippen MR) is 297 cm³/mol. The molecule has 0 radical (unpaired) electrons. The first-order valence-electron chi connectivity index (χ1n) is 24.2. The van der Waals surface area contributed by atoms with Crippen molar-refractivity contribution in [3.8, 4) is 44.5 Å². The van der Waals surface area contributed by atoms with Crippen LogP contribution in [0.3, 0.4) is 0 Å². The van der Waals surface area contributed by atoms with E-state index < -0.39 is 0 Å². The minimum absolute atomic E-state index is 0.130. The van der Waals surface area contributed by atoms with Crippen LogP contribution in [0.2, 0.25) is 0 Å². The van der Waals surface area contributed by atoms with Crippen molar-refractivity contribution in [1.29, 1.82) is 0 Å². The second kappa shape index (κ2) is 20.5. The summed E-state index contributed by atoms with van der Waals surface area (Å²) in [6, 6.07) is 98.3. The Morgan fingerprint density at radius 3 is 0.917 bits per heavy atom. The monoisotopic (exact) mass is 924 g/mol. The van der Waals surface area contributed by atoms with Crippen LogP contribution >= 0.6 is 0 Å². The van der Waals surface area contributed by atoms with Crippen molar-refractivity contribution in [2.45, 2.75) is 0 Å². The molecule has 0 fully saturated rings. The molecule has 4 heteroatoms. The van der Waals surface area contributed by atoms with E-state index in [2.05, 4.69) is 210 Å². The molecule has 0 heterocycles. The Labute approximate surface area is 421 Å². The van der Waals surface area contributed by atoms with Gasteiger partial charge in [0.25, 0.3) is 0 Å². The van der Waals surface area contributed by atoms with Crippen molar-refractivity contribution < 1.29 is 9.59 Å². The Kier molecular flexibility index (Phi) is 12.8. The van der Waals surface area contributed by atoms with Gasteiger partial charge in [0.2, 0.25) is 0 Å². The van der Waals surface area contributed by atoms with E-state index in [4.69, 9.17) is 0 Å². The fourth-order valence-electron chi connectivity index (χ4n) is 9.59. The van der Waals surface area contributed by atoms with Crippen LogP contribution < -0.4 is 9.80 Å². The van der Waals surface area contributed by atoms with Crippen LogP contribution in [0.1, 0.15) is 31.8 Å². The molecule has 0 spiro atoms. The van der Waals surface area contributed by atoms with E-state index in [1.807, 2.05) is 54.6 Å². The van der Waals surface area contributed by atoms with Gasteiger partial charge in [0.1, 0.15) is 0 Å². The largest absolute Gasteiger partial charge is 0.311 e. The second-order valence-corrected chi connectivity index (χ2v) is 17.6. The molecule has 0 aromatic heterocycles. The van der Waals surface area contributed by atoms with Crippen LogP contribution in [-0.4, -0.2) is 11.6 Å². The second-order valence-electron chi connectivity index (χ2n) is 17.6. The van der Waals surface area contributed by atoms with Crippen LogP contribution in [0.25, 0.3) is 44.5 Å². The molecule has 11 aromatic rings. The number of carbonyl (C=O) groups is 2. The molecular weight excluding hydrogens is 877 g/mol. The van der Waals surface area contributed by atoms with Crippen LogP contribution in [0, 0.1) is 0 Å². The summed E-state index contributed by atoms with van der Waals surface area (Å²) in [6.45, 7) is 0. The minimum atomic E-state index is -0.167. The molecule has 0 unspecified atom stereocenters. The Bertz CT molecular complexity index is 3560. The lowest BCUT2D eigenvalue weighted by Crippen LogP contribution is -2.09. The molecule has 11 rings (SSSR count). The maximum Gasteiger partial charge on any atom is 0.193 e. The van der Waals surface area contributed by atoms with Crippen molar-refractivity contribution in [2.24, 2.45) is 0 Å². The minimum Gasteiger partial charge on any atom is -0.311 e. The number of hydrogen-bond acceptors (Lipinski definition) is 4. The third-order valence-electron chi connectivity index (χ3n) is 13.1. The van der Waals surface area contributed by atoms with Gasteiger partial charge in [0, 0.05) is 56.4 Å². The number of nitrogens with zero attached hydrogens (tertiary/aromatic N) is 2. The number of benzene rings is 11. The average molecular weight is 925 g/mol. The molecule has 0 saturated carbocycles. The van der Waals surface area contributed by atoms with E-state index in [1.165, 1.54) is 0 Å². The zero-order chi connectivity index (χ0) is 48.6. The maximum absolute atomic E-state index is 14.7. The van der Waals surface area contributed by atoms with Gasteiger partial charge in [-0.05, 0) is 129 Å². The van der Waals surface area contributed by atoms with Gasteiger partial charge in [0.05, 0.1) is 0 Å². The lowest BCUT2D eigenvalue weighted by Gasteiger charge is -2.26. The number of para-hydroxylation sites is 4. The summed E-state index contributed by atoms with van der Waals surface area (Å²) in [7, 11) is 0. The Morgan fingerprint density at radius 1 is 0.208 bits per heavy atom. The summed E-state index contributed by atoms with van der Waals surface area (Å²) < 4.78 is 0. The van der Waals surface area contributed by atoms with Crippen molar-refractivity contribution in [3.63, 3.8) is 0 Å². The summed E-state index contributed by atoms with van der Waals surface area (Å²) in [5.74, 6) is -0.297. The highest BCUT2D eigenvalue weighted by molar-refractivity contribution is 6.14. The predicted octanol–water partition coefficient (Wildman–Crippen LogP) is 17.8. The number of ketones is 2. The topological polar surface area (TPSA) is 40.6 Å². The van der Waals surface area contributed by atoms with E-state index in [9.17, 15) is 9.59 Å². The van der Waals surface area contributed by atoms with Gasteiger partial charge in [-0.2, -0.15) is 0 Å². The summed E-state index contributed by atoms with van der Waals surface area (Å²) >= 11 is 0. The number of carbonyl (C=O) groups excluding carboxylic acids is 2.